The monoisotopic (exact) mass is 284 g/mol. The average Bonchev–Trinajstić information content (AvgIpc) is 2.60. The minimum atomic E-state index is 0.917. The molecule has 0 saturated heterocycles. The molecule has 1 heteroatoms. The minimum Gasteiger partial charge on any atom is -0.496 e. The third-order valence-electron chi connectivity index (χ3n) is 4.16. The van der Waals surface area contributed by atoms with Crippen molar-refractivity contribution in [2.75, 3.05) is 7.11 Å². The van der Waals surface area contributed by atoms with Crippen molar-refractivity contribution in [2.45, 2.75) is 0 Å². The van der Waals surface area contributed by atoms with Gasteiger partial charge >= 0.3 is 0 Å². The van der Waals surface area contributed by atoms with Gasteiger partial charge in [0.15, 0.2) is 0 Å². The second-order valence-corrected chi connectivity index (χ2v) is 5.42. The summed E-state index contributed by atoms with van der Waals surface area (Å²) in [6, 6.07) is 27.7. The molecular formula is C21H16O. The first kappa shape index (κ1) is 12.9. The summed E-state index contributed by atoms with van der Waals surface area (Å²) < 4.78 is 5.49. The van der Waals surface area contributed by atoms with E-state index in [0.29, 0.717) is 0 Å². The highest BCUT2D eigenvalue weighted by Crippen LogP contribution is 2.35. The molecule has 0 atom stereocenters. The SMILES string of the molecule is COc1ccc(-c2ccc3ccccc3c2)c2ccccc12. The Morgan fingerprint density at radius 1 is 0.636 bits per heavy atom. The van der Waals surface area contributed by atoms with E-state index in [4.69, 9.17) is 4.74 Å². The Hall–Kier alpha value is -2.80. The van der Waals surface area contributed by atoms with Crippen molar-refractivity contribution in [2.24, 2.45) is 0 Å². The van der Waals surface area contributed by atoms with Crippen molar-refractivity contribution in [3.63, 3.8) is 0 Å². The minimum absolute atomic E-state index is 0.917. The van der Waals surface area contributed by atoms with Crippen molar-refractivity contribution in [3.05, 3.63) is 78.9 Å². The molecule has 0 bridgehead atoms. The van der Waals surface area contributed by atoms with Crippen LogP contribution in [0.1, 0.15) is 0 Å². The van der Waals surface area contributed by atoms with Gasteiger partial charge in [-0.3, -0.25) is 0 Å². The number of benzene rings is 4. The quantitative estimate of drug-likeness (QED) is 0.461. The van der Waals surface area contributed by atoms with Gasteiger partial charge in [-0.05, 0) is 39.4 Å². The standard InChI is InChI=1S/C21H16O/c1-22-21-13-12-18(19-8-4-5-9-20(19)21)17-11-10-15-6-2-3-7-16(15)14-17/h2-14H,1H3. The van der Waals surface area contributed by atoms with Crippen LogP contribution >= 0.6 is 0 Å². The Morgan fingerprint density at radius 2 is 1.36 bits per heavy atom. The van der Waals surface area contributed by atoms with Crippen LogP contribution in [0.15, 0.2) is 78.9 Å². The first-order chi connectivity index (χ1) is 10.9. The van der Waals surface area contributed by atoms with Gasteiger partial charge in [-0.15, -0.1) is 0 Å². The van der Waals surface area contributed by atoms with Gasteiger partial charge < -0.3 is 4.74 Å². The molecule has 0 heterocycles. The molecule has 22 heavy (non-hydrogen) atoms. The van der Waals surface area contributed by atoms with E-state index in [9.17, 15) is 0 Å². The van der Waals surface area contributed by atoms with Crippen molar-refractivity contribution >= 4 is 21.5 Å². The smallest absolute Gasteiger partial charge is 0.126 e. The topological polar surface area (TPSA) is 9.23 Å². The van der Waals surface area contributed by atoms with Crippen LogP contribution in [0.25, 0.3) is 32.7 Å². The third-order valence-corrected chi connectivity index (χ3v) is 4.16. The molecule has 0 aliphatic heterocycles. The molecule has 106 valence electrons. The molecule has 1 nitrogen and oxygen atoms in total. The predicted octanol–water partition coefficient (Wildman–Crippen LogP) is 5.67. The van der Waals surface area contributed by atoms with Crippen LogP contribution in [-0.2, 0) is 0 Å². The summed E-state index contributed by atoms with van der Waals surface area (Å²) in [6.45, 7) is 0. The Bertz CT molecular complexity index is 970. The second kappa shape index (κ2) is 5.19. The van der Waals surface area contributed by atoms with E-state index in [1.165, 1.54) is 27.3 Å². The Morgan fingerprint density at radius 3 is 2.18 bits per heavy atom. The van der Waals surface area contributed by atoms with Crippen LogP contribution in [0.3, 0.4) is 0 Å². The molecule has 0 aromatic heterocycles. The number of hydrogen-bond acceptors (Lipinski definition) is 1. The third kappa shape index (κ3) is 2.03. The number of ether oxygens (including phenoxy) is 1. The highest BCUT2D eigenvalue weighted by molar-refractivity contribution is 6.01. The fourth-order valence-corrected chi connectivity index (χ4v) is 3.06. The van der Waals surface area contributed by atoms with Crippen molar-refractivity contribution in [3.8, 4) is 16.9 Å². The highest BCUT2D eigenvalue weighted by Gasteiger charge is 2.08. The van der Waals surface area contributed by atoms with E-state index in [1.54, 1.807) is 7.11 Å². The lowest BCUT2D eigenvalue weighted by molar-refractivity contribution is 0.420. The van der Waals surface area contributed by atoms with Crippen LogP contribution in [0.2, 0.25) is 0 Å². The molecule has 0 aliphatic rings. The maximum absolute atomic E-state index is 5.49. The van der Waals surface area contributed by atoms with Gasteiger partial charge in [-0.2, -0.15) is 0 Å². The van der Waals surface area contributed by atoms with Crippen LogP contribution < -0.4 is 4.74 Å². The number of hydrogen-bond donors (Lipinski definition) is 0. The highest BCUT2D eigenvalue weighted by atomic mass is 16.5. The summed E-state index contributed by atoms with van der Waals surface area (Å²) in [7, 11) is 1.72. The number of methoxy groups -OCH3 is 1. The molecule has 0 amide bonds. The van der Waals surface area contributed by atoms with Gasteiger partial charge in [0.2, 0.25) is 0 Å². The fourth-order valence-electron chi connectivity index (χ4n) is 3.06. The number of rotatable bonds is 2. The summed E-state index contributed by atoms with van der Waals surface area (Å²) >= 11 is 0. The lowest BCUT2D eigenvalue weighted by Gasteiger charge is -2.11. The lowest BCUT2D eigenvalue weighted by atomic mass is 9.96. The van der Waals surface area contributed by atoms with E-state index >= 15 is 0 Å². The maximum atomic E-state index is 5.49. The van der Waals surface area contributed by atoms with Crippen LogP contribution in [0, 0.1) is 0 Å². The summed E-state index contributed by atoms with van der Waals surface area (Å²) in [6.07, 6.45) is 0. The van der Waals surface area contributed by atoms with Crippen LogP contribution in [0.4, 0.5) is 0 Å². The van der Waals surface area contributed by atoms with Crippen molar-refractivity contribution < 1.29 is 4.74 Å². The Labute approximate surface area is 129 Å². The molecule has 0 radical (unpaired) electrons. The van der Waals surface area contributed by atoms with E-state index in [0.717, 1.165) is 11.1 Å². The van der Waals surface area contributed by atoms with E-state index < -0.39 is 0 Å². The van der Waals surface area contributed by atoms with E-state index in [-0.39, 0.29) is 0 Å². The fraction of sp³-hybridized carbons (Fsp3) is 0.0476. The molecule has 0 saturated carbocycles. The van der Waals surface area contributed by atoms with Gasteiger partial charge in [0.1, 0.15) is 5.75 Å². The summed E-state index contributed by atoms with van der Waals surface area (Å²) in [4.78, 5) is 0. The van der Waals surface area contributed by atoms with Crippen LogP contribution in [0.5, 0.6) is 5.75 Å². The Kier molecular flexibility index (Phi) is 3.05. The van der Waals surface area contributed by atoms with Gasteiger partial charge in [0, 0.05) is 5.39 Å². The Balaban J connectivity index is 2.00. The van der Waals surface area contributed by atoms with Crippen molar-refractivity contribution in [1.29, 1.82) is 0 Å². The predicted molar refractivity (Wildman–Crippen MR) is 93.4 cm³/mol. The second-order valence-electron chi connectivity index (χ2n) is 5.42. The molecule has 4 aromatic carbocycles. The first-order valence-corrected chi connectivity index (χ1v) is 7.42. The average molecular weight is 284 g/mol. The lowest BCUT2D eigenvalue weighted by Crippen LogP contribution is -1.87. The molecule has 0 aliphatic carbocycles. The zero-order chi connectivity index (χ0) is 14.9. The molecule has 0 fully saturated rings. The zero-order valence-electron chi connectivity index (χ0n) is 12.4. The molecular weight excluding hydrogens is 268 g/mol. The van der Waals surface area contributed by atoms with Crippen LogP contribution in [-0.4, -0.2) is 7.11 Å². The zero-order valence-corrected chi connectivity index (χ0v) is 12.4. The maximum Gasteiger partial charge on any atom is 0.126 e. The molecule has 4 rings (SSSR count). The molecule has 0 spiro atoms. The number of fused-ring (bicyclic) bond motifs is 2. The first-order valence-electron chi connectivity index (χ1n) is 7.42. The normalized spacial score (nSPS) is 11.0. The van der Waals surface area contributed by atoms with Gasteiger partial charge in [0.25, 0.3) is 0 Å². The summed E-state index contributed by atoms with van der Waals surface area (Å²) in [5.41, 5.74) is 2.47. The molecule has 4 aromatic rings. The van der Waals surface area contributed by atoms with E-state index in [1.807, 2.05) is 6.07 Å². The molecule has 0 N–H and O–H groups in total. The van der Waals surface area contributed by atoms with Gasteiger partial charge in [0.05, 0.1) is 7.11 Å². The van der Waals surface area contributed by atoms with Crippen molar-refractivity contribution in [1.82, 2.24) is 0 Å². The van der Waals surface area contributed by atoms with Gasteiger partial charge in [-0.25, -0.2) is 0 Å². The summed E-state index contributed by atoms with van der Waals surface area (Å²) in [5, 5.41) is 4.90. The van der Waals surface area contributed by atoms with Gasteiger partial charge in [-0.1, -0.05) is 66.7 Å². The molecule has 0 unspecified atom stereocenters. The summed E-state index contributed by atoms with van der Waals surface area (Å²) in [5.74, 6) is 0.917. The van der Waals surface area contributed by atoms with E-state index in [2.05, 4.69) is 72.8 Å². The largest absolute Gasteiger partial charge is 0.496 e.